The Morgan fingerprint density at radius 3 is 1.38 bits per heavy atom. The van der Waals surface area contributed by atoms with Crippen molar-refractivity contribution in [2.45, 2.75) is 20.2 Å². The van der Waals surface area contributed by atoms with Crippen LogP contribution in [-0.4, -0.2) is 28.6 Å². The molecule has 2 unspecified atom stereocenters. The average Bonchev–Trinajstić information content (AvgIpc) is 1.97. The van der Waals surface area contributed by atoms with Crippen LogP contribution in [0.4, 0.5) is 0 Å². The second kappa shape index (κ2) is 4.92. The van der Waals surface area contributed by atoms with Crippen molar-refractivity contribution in [1.29, 1.82) is 0 Å². The van der Waals surface area contributed by atoms with Crippen LogP contribution in [0.5, 0.6) is 0 Å². The third kappa shape index (κ3) is 4.35. The largest absolute Gasteiger partial charge is 0.405 e. The number of ether oxygens (including phenoxy) is 1. The summed E-state index contributed by atoms with van der Waals surface area (Å²) in [6.07, 6.45) is -3.56. The second-order valence-electron chi connectivity index (χ2n) is 2.48. The molecule has 0 saturated carbocycles. The van der Waals surface area contributed by atoms with Gasteiger partial charge >= 0.3 is 10.4 Å². The Morgan fingerprint density at radius 2 is 1.12 bits per heavy atom. The quantitative estimate of drug-likeness (QED) is 0.610. The molecule has 1 aliphatic rings. The second-order valence-corrected chi connectivity index (χ2v) is 8.42. The standard InChI is InChI=1S/C4H2Cl6O5S/c5-3(6,7)1-13-2(4(8,9)10)15-16(11,12)14-1/h1-2H. The van der Waals surface area contributed by atoms with E-state index in [0.29, 0.717) is 0 Å². The normalized spacial score (nSPS) is 31.4. The summed E-state index contributed by atoms with van der Waals surface area (Å²) in [5.74, 6) is 0. The first-order valence-corrected chi connectivity index (χ1v) is 6.92. The molecule has 1 rings (SSSR count). The van der Waals surface area contributed by atoms with Crippen LogP contribution in [0.3, 0.4) is 0 Å². The van der Waals surface area contributed by atoms with Crippen LogP contribution in [0.25, 0.3) is 0 Å². The van der Waals surface area contributed by atoms with Gasteiger partial charge < -0.3 is 4.74 Å². The van der Waals surface area contributed by atoms with Gasteiger partial charge in [-0.25, -0.2) is 8.37 Å². The summed E-state index contributed by atoms with van der Waals surface area (Å²) in [6, 6.07) is 0. The van der Waals surface area contributed by atoms with Crippen LogP contribution in [0.15, 0.2) is 0 Å². The first kappa shape index (κ1) is 15.6. The van der Waals surface area contributed by atoms with Gasteiger partial charge in [0.25, 0.3) is 0 Å². The minimum Gasteiger partial charge on any atom is -0.312 e. The number of rotatable bonds is 0. The van der Waals surface area contributed by atoms with Crippen molar-refractivity contribution in [3.05, 3.63) is 0 Å². The van der Waals surface area contributed by atoms with Crippen LogP contribution < -0.4 is 0 Å². The third-order valence-corrected chi connectivity index (χ3v) is 3.08. The van der Waals surface area contributed by atoms with Gasteiger partial charge in [-0.1, -0.05) is 69.6 Å². The van der Waals surface area contributed by atoms with Gasteiger partial charge in [0, 0.05) is 0 Å². The summed E-state index contributed by atoms with van der Waals surface area (Å²) in [6.45, 7) is 0. The molecule has 1 saturated heterocycles. The monoisotopic (exact) mass is 372 g/mol. The summed E-state index contributed by atoms with van der Waals surface area (Å²) in [5.41, 5.74) is 0. The van der Waals surface area contributed by atoms with Crippen molar-refractivity contribution in [3.63, 3.8) is 0 Å². The van der Waals surface area contributed by atoms with Gasteiger partial charge in [0.15, 0.2) is 0 Å². The molecule has 0 aromatic heterocycles. The SMILES string of the molecule is O=S1(=O)OC(C(Cl)(Cl)Cl)OC(C(Cl)(Cl)Cl)O1. The molecule has 5 nitrogen and oxygen atoms in total. The summed E-state index contributed by atoms with van der Waals surface area (Å²) in [7, 11) is -4.48. The molecule has 2 atom stereocenters. The van der Waals surface area contributed by atoms with Crippen LogP contribution in [0, 0.1) is 0 Å². The predicted molar refractivity (Wildman–Crippen MR) is 60.3 cm³/mol. The lowest BCUT2D eigenvalue weighted by Gasteiger charge is -2.34. The summed E-state index contributed by atoms with van der Waals surface area (Å²) in [5, 5.41) is 0. The predicted octanol–water partition coefficient (Wildman–Crippen LogP) is 2.69. The van der Waals surface area contributed by atoms with Crippen LogP contribution >= 0.6 is 69.6 Å². The van der Waals surface area contributed by atoms with E-state index in [1.807, 2.05) is 0 Å². The number of hydrogen-bond acceptors (Lipinski definition) is 5. The minimum absolute atomic E-state index is 1.78. The highest BCUT2D eigenvalue weighted by molar-refractivity contribution is 7.81. The smallest absolute Gasteiger partial charge is 0.312 e. The van der Waals surface area contributed by atoms with Crippen LogP contribution in [0.1, 0.15) is 0 Å². The van der Waals surface area contributed by atoms with Gasteiger partial charge in [-0.05, 0) is 0 Å². The zero-order valence-electron chi connectivity index (χ0n) is 6.87. The van der Waals surface area contributed by atoms with E-state index in [9.17, 15) is 8.42 Å². The number of alkyl halides is 6. The molecule has 0 bridgehead atoms. The molecule has 12 heteroatoms. The highest BCUT2D eigenvalue weighted by atomic mass is 35.6. The zero-order chi connectivity index (χ0) is 12.8. The van der Waals surface area contributed by atoms with E-state index < -0.39 is 30.6 Å². The lowest BCUT2D eigenvalue weighted by Crippen LogP contribution is -2.48. The molecule has 0 aromatic rings. The maximum Gasteiger partial charge on any atom is 0.405 e. The molecule has 1 aliphatic heterocycles. The minimum atomic E-state index is -4.48. The van der Waals surface area contributed by atoms with E-state index >= 15 is 0 Å². The number of halogens is 6. The van der Waals surface area contributed by atoms with Crippen molar-refractivity contribution in [2.24, 2.45) is 0 Å². The molecule has 0 aliphatic carbocycles. The maximum absolute atomic E-state index is 11.1. The molecule has 0 radical (unpaired) electrons. The fraction of sp³-hybridized carbons (Fsp3) is 1.00. The first-order valence-electron chi connectivity index (χ1n) is 3.32. The molecule has 16 heavy (non-hydrogen) atoms. The average molecular weight is 375 g/mol. The lowest BCUT2D eigenvalue weighted by molar-refractivity contribution is -0.215. The Balaban J connectivity index is 2.96. The van der Waals surface area contributed by atoms with E-state index in [-0.39, 0.29) is 0 Å². The van der Waals surface area contributed by atoms with Crippen molar-refractivity contribution in [2.75, 3.05) is 0 Å². The van der Waals surface area contributed by atoms with Gasteiger partial charge in [-0.2, -0.15) is 8.42 Å². The summed E-state index contributed by atoms with van der Waals surface area (Å²) in [4.78, 5) is 0. The maximum atomic E-state index is 11.1. The molecule has 0 aromatic carbocycles. The molecule has 0 N–H and O–H groups in total. The van der Waals surface area contributed by atoms with Crippen molar-refractivity contribution < 1.29 is 21.5 Å². The summed E-state index contributed by atoms with van der Waals surface area (Å²) < 4.78 is 31.0. The fourth-order valence-corrected chi connectivity index (χ4v) is 2.40. The third-order valence-electron chi connectivity index (χ3n) is 1.19. The molecule has 1 heterocycles. The Hall–Kier alpha value is 1.57. The zero-order valence-corrected chi connectivity index (χ0v) is 12.2. The van der Waals surface area contributed by atoms with E-state index in [2.05, 4.69) is 8.37 Å². The van der Waals surface area contributed by atoms with E-state index in [1.165, 1.54) is 0 Å². The molecule has 1 fully saturated rings. The van der Waals surface area contributed by atoms with Crippen molar-refractivity contribution in [3.8, 4) is 0 Å². The molecular weight excluding hydrogens is 373 g/mol. The molecular formula is C4H2Cl6O5S. The van der Waals surface area contributed by atoms with Crippen molar-refractivity contribution >= 4 is 80.0 Å². The Bertz CT molecular complexity index is 328. The van der Waals surface area contributed by atoms with E-state index in [1.54, 1.807) is 0 Å². The van der Waals surface area contributed by atoms with Gasteiger partial charge in [0.1, 0.15) is 0 Å². The van der Waals surface area contributed by atoms with Gasteiger partial charge in [0.2, 0.25) is 20.2 Å². The first-order chi connectivity index (χ1) is 6.92. The van der Waals surface area contributed by atoms with Gasteiger partial charge in [-0.15, -0.1) is 0 Å². The van der Waals surface area contributed by atoms with Crippen LogP contribution in [0.2, 0.25) is 0 Å². The fourth-order valence-electron chi connectivity index (χ4n) is 0.658. The topological polar surface area (TPSA) is 61.8 Å². The summed E-state index contributed by atoms with van der Waals surface area (Å²) >= 11 is 32.3. The lowest BCUT2D eigenvalue weighted by atomic mass is 10.6. The Labute approximate surface area is 121 Å². The molecule has 0 amide bonds. The highest BCUT2D eigenvalue weighted by Crippen LogP contribution is 2.42. The molecule has 96 valence electrons. The van der Waals surface area contributed by atoms with E-state index in [0.717, 1.165) is 0 Å². The van der Waals surface area contributed by atoms with E-state index in [4.69, 9.17) is 74.3 Å². The highest BCUT2D eigenvalue weighted by Gasteiger charge is 2.51. The Morgan fingerprint density at radius 1 is 0.812 bits per heavy atom. The van der Waals surface area contributed by atoms with Gasteiger partial charge in [0.05, 0.1) is 0 Å². The number of hydrogen-bond donors (Lipinski definition) is 0. The molecule has 0 spiro atoms. The van der Waals surface area contributed by atoms with Gasteiger partial charge in [-0.3, -0.25) is 0 Å². The Kier molecular flexibility index (Phi) is 4.81. The van der Waals surface area contributed by atoms with Crippen molar-refractivity contribution in [1.82, 2.24) is 0 Å². The van der Waals surface area contributed by atoms with Crippen LogP contribution in [-0.2, 0) is 23.5 Å².